The molecule has 2 fully saturated rings. The van der Waals surface area contributed by atoms with Gasteiger partial charge in [-0.05, 0) is 49.9 Å². The summed E-state index contributed by atoms with van der Waals surface area (Å²) in [5.41, 5.74) is 0.0240. The molecule has 0 amide bonds. The number of unbranched alkanes of at least 4 members (excludes halogenated alkanes) is 1. The number of hydrogen-bond acceptors (Lipinski definition) is 1. The predicted molar refractivity (Wildman–Crippen MR) is 90.3 cm³/mol. The minimum absolute atomic E-state index is 0.0240. The van der Waals surface area contributed by atoms with Crippen LogP contribution in [0.4, 0.5) is 0 Å². The molecule has 0 radical (unpaired) electrons. The molecule has 1 atom stereocenters. The third-order valence-electron chi connectivity index (χ3n) is 6.77. The molecule has 1 unspecified atom stereocenters. The Morgan fingerprint density at radius 2 is 1.52 bits per heavy atom. The molecule has 0 aromatic rings. The van der Waals surface area contributed by atoms with E-state index in [2.05, 4.69) is 13.8 Å². The minimum Gasteiger partial charge on any atom is -0.303 e. The van der Waals surface area contributed by atoms with Crippen LogP contribution in [0.2, 0.25) is 0 Å². The van der Waals surface area contributed by atoms with Crippen molar-refractivity contribution in [3.8, 4) is 0 Å². The van der Waals surface area contributed by atoms with Gasteiger partial charge in [0.25, 0.3) is 0 Å². The van der Waals surface area contributed by atoms with Crippen molar-refractivity contribution < 1.29 is 4.79 Å². The van der Waals surface area contributed by atoms with Crippen molar-refractivity contribution in [2.45, 2.75) is 97.3 Å². The fourth-order valence-electron chi connectivity index (χ4n) is 5.31. The molecule has 0 N–H and O–H groups in total. The molecule has 0 aliphatic heterocycles. The number of carbonyl (C=O) groups excluding carboxylic acids is 1. The summed E-state index contributed by atoms with van der Waals surface area (Å²) >= 11 is 0. The molecule has 0 aromatic carbocycles. The van der Waals surface area contributed by atoms with Crippen LogP contribution in [-0.2, 0) is 4.79 Å². The summed E-state index contributed by atoms with van der Waals surface area (Å²) in [7, 11) is 0. The standard InChI is InChI=1S/C20H36O/c1-3-5-9-17-12-14-19(15-13-17)20(4-2,16-21)18-10-7-6-8-11-18/h16-19H,3-15H2,1-2H3. The Hall–Kier alpha value is -0.330. The van der Waals surface area contributed by atoms with E-state index in [0.717, 1.165) is 12.3 Å². The van der Waals surface area contributed by atoms with Gasteiger partial charge >= 0.3 is 0 Å². The van der Waals surface area contributed by atoms with Gasteiger partial charge in [-0.25, -0.2) is 0 Å². The Morgan fingerprint density at radius 3 is 2.05 bits per heavy atom. The molecule has 0 heterocycles. The average molecular weight is 293 g/mol. The predicted octanol–water partition coefficient (Wildman–Crippen LogP) is 6.16. The number of aldehydes is 1. The molecule has 21 heavy (non-hydrogen) atoms. The molecular formula is C20H36O. The fraction of sp³-hybridized carbons (Fsp3) is 0.950. The topological polar surface area (TPSA) is 17.1 Å². The van der Waals surface area contributed by atoms with Gasteiger partial charge in [-0.15, -0.1) is 0 Å². The molecule has 1 heteroatoms. The second-order valence-electron chi connectivity index (χ2n) is 7.78. The van der Waals surface area contributed by atoms with Crippen LogP contribution in [0.1, 0.15) is 97.3 Å². The highest BCUT2D eigenvalue weighted by atomic mass is 16.1. The van der Waals surface area contributed by atoms with Gasteiger partial charge in [0.05, 0.1) is 0 Å². The third-order valence-corrected chi connectivity index (χ3v) is 6.77. The summed E-state index contributed by atoms with van der Waals surface area (Å²) in [5.74, 6) is 2.32. The Balaban J connectivity index is 1.97. The van der Waals surface area contributed by atoms with E-state index in [1.807, 2.05) is 0 Å². The van der Waals surface area contributed by atoms with Gasteiger partial charge in [0.2, 0.25) is 0 Å². The van der Waals surface area contributed by atoms with Crippen LogP contribution in [0.25, 0.3) is 0 Å². The molecule has 0 spiro atoms. The summed E-state index contributed by atoms with van der Waals surface area (Å²) in [4.78, 5) is 12.1. The van der Waals surface area contributed by atoms with Crippen molar-refractivity contribution in [1.29, 1.82) is 0 Å². The summed E-state index contributed by atoms with van der Waals surface area (Å²) < 4.78 is 0. The van der Waals surface area contributed by atoms with Gasteiger partial charge in [0.15, 0.2) is 0 Å². The van der Waals surface area contributed by atoms with E-state index in [0.29, 0.717) is 11.8 Å². The van der Waals surface area contributed by atoms with E-state index in [-0.39, 0.29) is 5.41 Å². The van der Waals surface area contributed by atoms with Crippen LogP contribution in [0.15, 0.2) is 0 Å². The Labute approximate surface area is 132 Å². The van der Waals surface area contributed by atoms with Crippen molar-refractivity contribution in [2.24, 2.45) is 23.2 Å². The maximum Gasteiger partial charge on any atom is 0.126 e. The second-order valence-corrected chi connectivity index (χ2v) is 7.78. The lowest BCUT2D eigenvalue weighted by atomic mass is 9.57. The van der Waals surface area contributed by atoms with E-state index in [1.54, 1.807) is 0 Å². The smallest absolute Gasteiger partial charge is 0.126 e. The van der Waals surface area contributed by atoms with Gasteiger partial charge in [-0.1, -0.05) is 65.2 Å². The largest absolute Gasteiger partial charge is 0.303 e. The molecule has 1 nitrogen and oxygen atoms in total. The zero-order chi connectivity index (χ0) is 15.1. The lowest BCUT2D eigenvalue weighted by Crippen LogP contribution is -2.42. The third kappa shape index (κ3) is 3.90. The van der Waals surface area contributed by atoms with Crippen LogP contribution in [0.3, 0.4) is 0 Å². The molecular weight excluding hydrogens is 256 g/mol. The molecule has 2 aliphatic rings. The average Bonchev–Trinajstić information content (AvgIpc) is 2.57. The van der Waals surface area contributed by atoms with Gasteiger partial charge in [0, 0.05) is 5.41 Å². The van der Waals surface area contributed by atoms with Gasteiger partial charge in [0.1, 0.15) is 6.29 Å². The van der Waals surface area contributed by atoms with Crippen molar-refractivity contribution in [3.05, 3.63) is 0 Å². The second kappa shape index (κ2) is 8.34. The number of carbonyl (C=O) groups is 1. The lowest BCUT2D eigenvalue weighted by Gasteiger charge is -2.46. The first-order chi connectivity index (χ1) is 10.3. The van der Waals surface area contributed by atoms with E-state index >= 15 is 0 Å². The SMILES string of the molecule is CCCCC1CCC(C(C=O)(CC)C2CCCCC2)CC1. The maximum absolute atomic E-state index is 12.1. The lowest BCUT2D eigenvalue weighted by molar-refractivity contribution is -0.126. The maximum atomic E-state index is 12.1. The molecule has 0 aromatic heterocycles. The van der Waals surface area contributed by atoms with Crippen LogP contribution in [0.5, 0.6) is 0 Å². The first-order valence-electron chi connectivity index (χ1n) is 9.73. The van der Waals surface area contributed by atoms with Crippen LogP contribution >= 0.6 is 0 Å². The highest BCUT2D eigenvalue weighted by molar-refractivity contribution is 5.60. The van der Waals surface area contributed by atoms with Crippen molar-refractivity contribution in [1.82, 2.24) is 0 Å². The first kappa shape index (κ1) is 17.0. The Bertz CT molecular complexity index is 297. The molecule has 0 saturated heterocycles. The highest BCUT2D eigenvalue weighted by Crippen LogP contribution is 2.50. The summed E-state index contributed by atoms with van der Waals surface area (Å²) in [6.07, 6.45) is 18.7. The Kier molecular flexibility index (Phi) is 6.76. The molecule has 0 bridgehead atoms. The zero-order valence-corrected chi connectivity index (χ0v) is 14.4. The number of rotatable bonds is 7. The highest BCUT2D eigenvalue weighted by Gasteiger charge is 2.44. The van der Waals surface area contributed by atoms with E-state index in [9.17, 15) is 4.79 Å². The normalized spacial score (nSPS) is 30.8. The first-order valence-corrected chi connectivity index (χ1v) is 9.73. The quantitative estimate of drug-likeness (QED) is 0.514. The van der Waals surface area contributed by atoms with Gasteiger partial charge in [-0.2, -0.15) is 0 Å². The van der Waals surface area contributed by atoms with Gasteiger partial charge in [-0.3, -0.25) is 0 Å². The molecule has 2 rings (SSSR count). The van der Waals surface area contributed by atoms with Crippen LogP contribution in [-0.4, -0.2) is 6.29 Å². The van der Waals surface area contributed by atoms with Crippen LogP contribution in [0, 0.1) is 23.2 Å². The zero-order valence-electron chi connectivity index (χ0n) is 14.4. The van der Waals surface area contributed by atoms with Crippen molar-refractivity contribution in [3.63, 3.8) is 0 Å². The van der Waals surface area contributed by atoms with E-state index in [4.69, 9.17) is 0 Å². The molecule has 122 valence electrons. The fourth-order valence-corrected chi connectivity index (χ4v) is 5.31. The van der Waals surface area contributed by atoms with Crippen molar-refractivity contribution >= 4 is 6.29 Å². The molecule has 2 saturated carbocycles. The molecule has 2 aliphatic carbocycles. The van der Waals surface area contributed by atoms with Gasteiger partial charge < -0.3 is 4.79 Å². The monoisotopic (exact) mass is 292 g/mol. The summed E-state index contributed by atoms with van der Waals surface area (Å²) in [6, 6.07) is 0. The summed E-state index contributed by atoms with van der Waals surface area (Å²) in [5, 5.41) is 0. The van der Waals surface area contributed by atoms with Crippen molar-refractivity contribution in [2.75, 3.05) is 0 Å². The summed E-state index contributed by atoms with van der Waals surface area (Å²) in [6.45, 7) is 4.56. The van der Waals surface area contributed by atoms with E-state index < -0.39 is 0 Å². The van der Waals surface area contributed by atoms with Crippen LogP contribution < -0.4 is 0 Å². The van der Waals surface area contributed by atoms with E-state index in [1.165, 1.54) is 83.3 Å². The Morgan fingerprint density at radius 1 is 0.905 bits per heavy atom. The minimum atomic E-state index is 0.0240. The number of hydrogen-bond donors (Lipinski definition) is 0.